The minimum Gasteiger partial charge on any atom is -0.247 e. The number of nitrogens with zero attached hydrogens (tertiary/aromatic N) is 2. The zero-order valence-corrected chi connectivity index (χ0v) is 16.3. The second-order valence-electron chi connectivity index (χ2n) is 6.86. The lowest BCUT2D eigenvalue weighted by molar-refractivity contribution is 0.588. The molecule has 0 aliphatic carbocycles. The van der Waals surface area contributed by atoms with Crippen LogP contribution in [-0.4, -0.2) is 8.42 Å². The van der Waals surface area contributed by atoms with Crippen LogP contribution >= 0.6 is 0 Å². The normalized spacial score (nSPS) is 15.0. The number of hydrogen-bond acceptors (Lipinski definition) is 2. The number of hydrogen-bond donors (Lipinski definition) is 0. The van der Waals surface area contributed by atoms with Crippen LogP contribution in [0.4, 0.5) is 11.4 Å². The highest BCUT2D eigenvalue weighted by Crippen LogP contribution is 2.42. The molecule has 0 N–H and O–H groups in total. The maximum Gasteiger partial charge on any atom is 0.327 e. The van der Waals surface area contributed by atoms with E-state index in [0.717, 1.165) is 33.6 Å². The first-order chi connectivity index (χ1) is 13.0. The number of fused-ring (bicyclic) bond motifs is 1. The van der Waals surface area contributed by atoms with Crippen molar-refractivity contribution < 1.29 is 8.42 Å². The Morgan fingerprint density at radius 2 is 1.00 bits per heavy atom. The largest absolute Gasteiger partial charge is 0.327 e. The van der Waals surface area contributed by atoms with Gasteiger partial charge in [-0.2, -0.15) is 8.42 Å². The minimum atomic E-state index is -3.65. The first-order valence-corrected chi connectivity index (χ1v) is 10.4. The number of anilines is 2. The molecule has 27 heavy (non-hydrogen) atoms. The molecule has 3 aromatic rings. The van der Waals surface area contributed by atoms with E-state index in [9.17, 15) is 8.42 Å². The summed E-state index contributed by atoms with van der Waals surface area (Å²) in [4.78, 5) is 0. The van der Waals surface area contributed by atoms with Crippen LogP contribution in [-0.2, 0) is 23.3 Å². The van der Waals surface area contributed by atoms with Gasteiger partial charge in [0, 0.05) is 0 Å². The van der Waals surface area contributed by atoms with Gasteiger partial charge >= 0.3 is 10.2 Å². The summed E-state index contributed by atoms with van der Waals surface area (Å²) in [5.41, 5.74) is 5.65. The highest BCUT2D eigenvalue weighted by molar-refractivity contribution is 7.94. The Hall–Kier alpha value is -2.79. The maximum absolute atomic E-state index is 13.4. The quantitative estimate of drug-likeness (QED) is 0.667. The first-order valence-electron chi connectivity index (χ1n) is 8.97. The summed E-state index contributed by atoms with van der Waals surface area (Å²) in [6.45, 7) is 4.68. The van der Waals surface area contributed by atoms with E-state index in [1.807, 2.05) is 86.6 Å². The van der Waals surface area contributed by atoms with E-state index >= 15 is 0 Å². The lowest BCUT2D eigenvalue weighted by Crippen LogP contribution is -2.37. The van der Waals surface area contributed by atoms with Gasteiger partial charge in [0.1, 0.15) is 0 Å². The fourth-order valence-corrected chi connectivity index (χ4v) is 5.12. The molecular formula is C22H22N2O2S. The Balaban J connectivity index is 1.76. The summed E-state index contributed by atoms with van der Waals surface area (Å²) < 4.78 is 29.9. The van der Waals surface area contributed by atoms with Crippen molar-refractivity contribution in [1.82, 2.24) is 0 Å². The first kappa shape index (κ1) is 17.6. The van der Waals surface area contributed by atoms with E-state index < -0.39 is 10.2 Å². The molecule has 4 nitrogen and oxygen atoms in total. The van der Waals surface area contributed by atoms with Gasteiger partial charge in [0.2, 0.25) is 0 Å². The molecule has 0 atom stereocenters. The summed E-state index contributed by atoms with van der Waals surface area (Å²) in [6, 6.07) is 23.3. The van der Waals surface area contributed by atoms with Gasteiger partial charge in [0.25, 0.3) is 0 Å². The van der Waals surface area contributed by atoms with Crippen LogP contribution in [0.15, 0.2) is 72.8 Å². The van der Waals surface area contributed by atoms with Gasteiger partial charge in [0.05, 0.1) is 24.5 Å². The standard InChI is InChI=1S/C22H22N2O2S/c1-17-9-3-5-11-19(17)15-23-21-13-7-8-14-22(21)24(27(23,25)26)16-20-12-6-4-10-18(20)2/h3-14H,15-16H2,1-2H3. The average molecular weight is 378 g/mol. The third kappa shape index (κ3) is 3.08. The molecule has 0 bridgehead atoms. The van der Waals surface area contributed by atoms with Crippen molar-refractivity contribution >= 4 is 21.6 Å². The number of benzene rings is 3. The van der Waals surface area contributed by atoms with Crippen molar-refractivity contribution in [3.63, 3.8) is 0 Å². The average Bonchev–Trinajstić information content (AvgIpc) is 2.86. The number of para-hydroxylation sites is 2. The van der Waals surface area contributed by atoms with E-state index in [2.05, 4.69) is 0 Å². The zero-order valence-electron chi connectivity index (χ0n) is 15.5. The fraction of sp³-hybridized carbons (Fsp3) is 0.182. The van der Waals surface area contributed by atoms with Crippen LogP contribution in [0.5, 0.6) is 0 Å². The molecule has 1 heterocycles. The monoisotopic (exact) mass is 378 g/mol. The molecule has 5 heteroatoms. The molecular weight excluding hydrogens is 356 g/mol. The van der Waals surface area contributed by atoms with Gasteiger partial charge in [-0.1, -0.05) is 60.7 Å². The lowest BCUT2D eigenvalue weighted by Gasteiger charge is -2.23. The molecule has 0 unspecified atom stereocenters. The highest BCUT2D eigenvalue weighted by atomic mass is 32.2. The van der Waals surface area contributed by atoms with Gasteiger partial charge in [-0.05, 0) is 48.2 Å². The molecule has 0 radical (unpaired) electrons. The molecule has 1 aliphatic rings. The van der Waals surface area contributed by atoms with E-state index in [4.69, 9.17) is 0 Å². The molecule has 0 saturated carbocycles. The maximum atomic E-state index is 13.4. The minimum absolute atomic E-state index is 0.330. The highest BCUT2D eigenvalue weighted by Gasteiger charge is 2.40. The van der Waals surface area contributed by atoms with Crippen LogP contribution in [0.2, 0.25) is 0 Å². The Bertz CT molecular complexity index is 1010. The summed E-state index contributed by atoms with van der Waals surface area (Å²) in [5, 5.41) is 0. The second-order valence-corrected chi connectivity index (χ2v) is 8.64. The Morgan fingerprint density at radius 3 is 1.41 bits per heavy atom. The molecule has 0 fully saturated rings. The SMILES string of the molecule is Cc1ccccc1CN1c2ccccc2N(Cc2ccccc2C)S1(=O)=O. The van der Waals surface area contributed by atoms with Crippen molar-refractivity contribution in [3.05, 3.63) is 95.1 Å². The van der Waals surface area contributed by atoms with Crippen molar-refractivity contribution in [1.29, 1.82) is 0 Å². The Morgan fingerprint density at radius 1 is 0.630 bits per heavy atom. The van der Waals surface area contributed by atoms with Gasteiger partial charge in [-0.3, -0.25) is 0 Å². The fourth-order valence-electron chi connectivity index (χ4n) is 3.47. The summed E-state index contributed by atoms with van der Waals surface area (Å²) in [6.07, 6.45) is 0. The van der Waals surface area contributed by atoms with Crippen molar-refractivity contribution in [2.45, 2.75) is 26.9 Å². The van der Waals surface area contributed by atoms with Crippen molar-refractivity contribution in [2.75, 3.05) is 8.61 Å². The van der Waals surface area contributed by atoms with Gasteiger partial charge in [-0.25, -0.2) is 8.61 Å². The van der Waals surface area contributed by atoms with Crippen LogP contribution in [0.3, 0.4) is 0 Å². The van der Waals surface area contributed by atoms with Gasteiger partial charge < -0.3 is 0 Å². The molecule has 1 aliphatic heterocycles. The van der Waals surface area contributed by atoms with Crippen molar-refractivity contribution in [2.24, 2.45) is 0 Å². The van der Waals surface area contributed by atoms with Crippen molar-refractivity contribution in [3.8, 4) is 0 Å². The smallest absolute Gasteiger partial charge is 0.247 e. The zero-order chi connectivity index (χ0) is 19.0. The van der Waals surface area contributed by atoms with Gasteiger partial charge in [-0.15, -0.1) is 0 Å². The molecule has 138 valence electrons. The number of aryl methyl sites for hydroxylation is 2. The van der Waals surface area contributed by atoms with Crippen LogP contribution in [0.1, 0.15) is 22.3 Å². The third-order valence-electron chi connectivity index (χ3n) is 5.13. The van der Waals surface area contributed by atoms with Crippen LogP contribution in [0, 0.1) is 13.8 Å². The third-order valence-corrected chi connectivity index (χ3v) is 6.89. The Labute approximate surface area is 160 Å². The van der Waals surface area contributed by atoms with Gasteiger partial charge in [0.15, 0.2) is 0 Å². The molecule has 4 rings (SSSR count). The molecule has 0 aromatic heterocycles. The van der Waals surface area contributed by atoms with E-state index in [0.29, 0.717) is 13.1 Å². The predicted molar refractivity (Wildman–Crippen MR) is 110 cm³/mol. The Kier molecular flexibility index (Phi) is 4.40. The topological polar surface area (TPSA) is 40.6 Å². The van der Waals surface area contributed by atoms with E-state index in [-0.39, 0.29) is 0 Å². The molecule has 0 saturated heterocycles. The molecule has 0 amide bonds. The second kappa shape index (κ2) is 6.74. The molecule has 0 spiro atoms. The van der Waals surface area contributed by atoms with Crippen LogP contribution in [0.25, 0.3) is 0 Å². The predicted octanol–water partition coefficient (Wildman–Crippen LogP) is 4.58. The van der Waals surface area contributed by atoms with Crippen LogP contribution < -0.4 is 8.61 Å². The van der Waals surface area contributed by atoms with E-state index in [1.54, 1.807) is 0 Å². The summed E-state index contributed by atoms with van der Waals surface area (Å²) >= 11 is 0. The summed E-state index contributed by atoms with van der Waals surface area (Å²) in [7, 11) is -3.65. The van der Waals surface area contributed by atoms with E-state index in [1.165, 1.54) is 8.61 Å². The lowest BCUT2D eigenvalue weighted by atomic mass is 10.1. The summed E-state index contributed by atoms with van der Waals surface area (Å²) in [5.74, 6) is 0. The molecule has 3 aromatic carbocycles. The number of rotatable bonds is 4.